The Morgan fingerprint density at radius 1 is 0.909 bits per heavy atom. The normalized spacial score (nSPS) is 11.1. The molecule has 0 aliphatic rings. The predicted octanol–water partition coefficient (Wildman–Crippen LogP) is 5.62. The van der Waals surface area contributed by atoms with Gasteiger partial charge in [0.1, 0.15) is 6.54 Å². The van der Waals surface area contributed by atoms with Gasteiger partial charge in [0.25, 0.3) is 5.91 Å². The minimum atomic E-state index is -4.49. The average Bonchev–Trinajstić information content (AvgIpc) is 3.31. The van der Waals surface area contributed by atoms with E-state index < -0.39 is 17.6 Å². The maximum atomic E-state index is 13.2. The van der Waals surface area contributed by atoms with Crippen molar-refractivity contribution >= 4 is 23.2 Å². The highest BCUT2D eigenvalue weighted by Crippen LogP contribution is 2.29. The number of carbonyl (C=O) groups excluding carboxylic acids is 2. The highest BCUT2D eigenvalue weighted by Gasteiger charge is 2.30. The van der Waals surface area contributed by atoms with Crippen LogP contribution in [0.15, 0.2) is 84.8 Å². The Kier molecular flexibility index (Phi) is 8.06. The van der Waals surface area contributed by atoms with Crippen molar-refractivity contribution in [3.63, 3.8) is 0 Å². The number of hydrogen-bond acceptors (Lipinski definition) is 3. The van der Waals surface area contributed by atoms with Crippen molar-refractivity contribution in [2.75, 3.05) is 13.1 Å². The molecular formula is C25H23F3N2O2S. The molecule has 0 unspecified atom stereocenters. The molecule has 0 spiro atoms. The standard InChI is InChI=1S/C25H23F3N2O2S/c1-2-14-29(24(32)20-10-12-21(13-11-20)25(26,27)28)18-23(31)30(17-22-9-6-15-33-22)16-19-7-4-3-5-8-19/h2-13,15H,1,14,16-18H2. The fraction of sp³-hybridized carbons (Fsp3) is 0.200. The summed E-state index contributed by atoms with van der Waals surface area (Å²) in [5.41, 5.74) is 0.188. The molecule has 0 saturated heterocycles. The monoisotopic (exact) mass is 472 g/mol. The number of nitrogens with zero attached hydrogens (tertiary/aromatic N) is 2. The van der Waals surface area contributed by atoms with Crippen molar-refractivity contribution in [1.29, 1.82) is 0 Å². The molecule has 3 rings (SSSR count). The highest BCUT2D eigenvalue weighted by atomic mass is 32.1. The number of rotatable bonds is 9. The van der Waals surface area contributed by atoms with Crippen LogP contribution in [0.2, 0.25) is 0 Å². The van der Waals surface area contributed by atoms with E-state index in [2.05, 4.69) is 6.58 Å². The molecule has 1 aromatic heterocycles. The number of hydrogen-bond donors (Lipinski definition) is 0. The van der Waals surface area contributed by atoms with E-state index >= 15 is 0 Å². The molecule has 0 atom stereocenters. The Morgan fingerprint density at radius 3 is 2.18 bits per heavy atom. The van der Waals surface area contributed by atoms with Crippen LogP contribution < -0.4 is 0 Å². The summed E-state index contributed by atoms with van der Waals surface area (Å²) in [5.74, 6) is -0.804. The van der Waals surface area contributed by atoms with E-state index in [0.717, 1.165) is 34.7 Å². The zero-order chi connectivity index (χ0) is 23.8. The lowest BCUT2D eigenvalue weighted by Gasteiger charge is -2.27. The molecule has 0 N–H and O–H groups in total. The molecular weight excluding hydrogens is 449 g/mol. The molecule has 0 bridgehead atoms. The van der Waals surface area contributed by atoms with Gasteiger partial charge in [0, 0.05) is 23.5 Å². The van der Waals surface area contributed by atoms with Crippen molar-refractivity contribution in [2.24, 2.45) is 0 Å². The van der Waals surface area contributed by atoms with Crippen LogP contribution in [-0.4, -0.2) is 34.7 Å². The lowest BCUT2D eigenvalue weighted by molar-refractivity contribution is -0.137. The summed E-state index contributed by atoms with van der Waals surface area (Å²) in [4.78, 5) is 30.1. The second-order valence-electron chi connectivity index (χ2n) is 7.36. The maximum absolute atomic E-state index is 13.2. The Morgan fingerprint density at radius 2 is 1.61 bits per heavy atom. The van der Waals surface area contributed by atoms with E-state index in [-0.39, 0.29) is 24.6 Å². The molecule has 0 radical (unpaired) electrons. The third-order valence-corrected chi connectivity index (χ3v) is 5.78. The minimum absolute atomic E-state index is 0.0746. The topological polar surface area (TPSA) is 40.6 Å². The van der Waals surface area contributed by atoms with Crippen molar-refractivity contribution in [1.82, 2.24) is 9.80 Å². The molecule has 0 aliphatic heterocycles. The van der Waals surface area contributed by atoms with Gasteiger partial charge in [-0.1, -0.05) is 42.5 Å². The molecule has 2 amide bonds. The van der Waals surface area contributed by atoms with Gasteiger partial charge >= 0.3 is 6.18 Å². The molecule has 0 saturated carbocycles. The van der Waals surface area contributed by atoms with Gasteiger partial charge in [-0.25, -0.2) is 0 Å². The van der Waals surface area contributed by atoms with Crippen LogP contribution in [-0.2, 0) is 24.1 Å². The van der Waals surface area contributed by atoms with Crippen molar-refractivity contribution < 1.29 is 22.8 Å². The SMILES string of the molecule is C=CCN(CC(=O)N(Cc1ccccc1)Cc1cccs1)C(=O)c1ccc(C(F)(F)F)cc1. The lowest BCUT2D eigenvalue weighted by Crippen LogP contribution is -2.42. The highest BCUT2D eigenvalue weighted by molar-refractivity contribution is 7.09. The Balaban J connectivity index is 1.77. The average molecular weight is 473 g/mol. The van der Waals surface area contributed by atoms with Crippen LogP contribution >= 0.6 is 11.3 Å². The summed E-state index contributed by atoms with van der Waals surface area (Å²) in [6.07, 6.45) is -3.01. The summed E-state index contributed by atoms with van der Waals surface area (Å²) in [7, 11) is 0. The summed E-state index contributed by atoms with van der Waals surface area (Å²) in [6, 6.07) is 17.3. The largest absolute Gasteiger partial charge is 0.416 e. The van der Waals surface area contributed by atoms with Gasteiger partial charge in [-0.15, -0.1) is 17.9 Å². The number of carbonyl (C=O) groups is 2. The van der Waals surface area contributed by atoms with Gasteiger partial charge in [0.2, 0.25) is 5.91 Å². The first kappa shape index (κ1) is 24.3. The first-order chi connectivity index (χ1) is 15.8. The van der Waals surface area contributed by atoms with E-state index in [1.165, 1.54) is 22.3 Å². The van der Waals surface area contributed by atoms with E-state index in [9.17, 15) is 22.8 Å². The molecule has 2 aromatic carbocycles. The Labute approximate surface area is 194 Å². The Hall–Kier alpha value is -3.39. The fourth-order valence-corrected chi connectivity index (χ4v) is 3.97. The first-order valence-electron chi connectivity index (χ1n) is 10.2. The number of halogens is 3. The quantitative estimate of drug-likeness (QED) is 0.379. The summed E-state index contributed by atoms with van der Waals surface area (Å²) in [5, 5.41) is 1.93. The number of alkyl halides is 3. The van der Waals surface area contributed by atoms with Gasteiger partial charge < -0.3 is 9.80 Å². The van der Waals surface area contributed by atoms with Gasteiger partial charge in [0.05, 0.1) is 12.1 Å². The predicted molar refractivity (Wildman–Crippen MR) is 123 cm³/mol. The molecule has 172 valence electrons. The van der Waals surface area contributed by atoms with Gasteiger partial charge in [-0.2, -0.15) is 13.2 Å². The summed E-state index contributed by atoms with van der Waals surface area (Å²) >= 11 is 1.53. The second kappa shape index (κ2) is 11.0. The summed E-state index contributed by atoms with van der Waals surface area (Å²) < 4.78 is 38.5. The van der Waals surface area contributed by atoms with Gasteiger partial charge in [0.15, 0.2) is 0 Å². The molecule has 33 heavy (non-hydrogen) atoms. The molecule has 0 fully saturated rings. The third kappa shape index (κ3) is 6.79. The van der Waals surface area contributed by atoms with Crippen LogP contribution in [0.1, 0.15) is 26.4 Å². The smallest absolute Gasteiger partial charge is 0.332 e. The molecule has 4 nitrogen and oxygen atoms in total. The molecule has 8 heteroatoms. The zero-order valence-corrected chi connectivity index (χ0v) is 18.6. The van der Waals surface area contributed by atoms with Crippen molar-refractivity contribution in [3.8, 4) is 0 Å². The second-order valence-corrected chi connectivity index (χ2v) is 8.40. The van der Waals surface area contributed by atoms with Gasteiger partial charge in [-0.05, 0) is 41.3 Å². The first-order valence-corrected chi connectivity index (χ1v) is 11.1. The van der Waals surface area contributed by atoms with Gasteiger partial charge in [-0.3, -0.25) is 9.59 Å². The van der Waals surface area contributed by atoms with Crippen LogP contribution in [0.3, 0.4) is 0 Å². The van der Waals surface area contributed by atoms with Crippen LogP contribution in [0.4, 0.5) is 13.2 Å². The number of benzene rings is 2. The third-order valence-electron chi connectivity index (χ3n) is 4.92. The molecule has 0 aliphatic carbocycles. The van der Waals surface area contributed by atoms with E-state index in [0.29, 0.717) is 13.1 Å². The van der Waals surface area contributed by atoms with Crippen molar-refractivity contribution in [3.05, 3.63) is 106 Å². The maximum Gasteiger partial charge on any atom is 0.416 e. The lowest BCUT2D eigenvalue weighted by atomic mass is 10.1. The minimum Gasteiger partial charge on any atom is -0.332 e. The van der Waals surface area contributed by atoms with E-state index in [4.69, 9.17) is 0 Å². The van der Waals surface area contributed by atoms with Crippen LogP contribution in [0.25, 0.3) is 0 Å². The molecule has 3 aromatic rings. The number of thiophene rings is 1. The van der Waals surface area contributed by atoms with Crippen molar-refractivity contribution in [2.45, 2.75) is 19.3 Å². The van der Waals surface area contributed by atoms with E-state index in [1.54, 1.807) is 4.90 Å². The zero-order valence-electron chi connectivity index (χ0n) is 17.8. The Bertz CT molecular complexity index is 1070. The summed E-state index contributed by atoms with van der Waals surface area (Å²) in [6.45, 7) is 4.27. The van der Waals surface area contributed by atoms with E-state index in [1.807, 2.05) is 47.8 Å². The molecule has 1 heterocycles. The fourth-order valence-electron chi connectivity index (χ4n) is 3.25. The van der Waals surface area contributed by atoms with Crippen LogP contribution in [0, 0.1) is 0 Å². The number of amides is 2. The van der Waals surface area contributed by atoms with Crippen LogP contribution in [0.5, 0.6) is 0 Å².